The van der Waals surface area contributed by atoms with Crippen LogP contribution < -0.4 is 5.56 Å². The van der Waals surface area contributed by atoms with Gasteiger partial charge in [0.1, 0.15) is 0 Å². The minimum atomic E-state index is -0.0734. The SMILES string of the molecule is Cc1cccc2c(=O)n(CCC(=O)N(C3CC3)C3CCc4ccccc43)cnc12. The van der Waals surface area contributed by atoms with Crippen molar-refractivity contribution in [2.75, 3.05) is 0 Å². The van der Waals surface area contributed by atoms with Crippen molar-refractivity contribution in [2.24, 2.45) is 0 Å². The molecule has 2 aromatic carbocycles. The van der Waals surface area contributed by atoms with E-state index in [1.54, 1.807) is 10.9 Å². The molecule has 148 valence electrons. The van der Waals surface area contributed by atoms with Gasteiger partial charge in [-0.25, -0.2) is 4.98 Å². The van der Waals surface area contributed by atoms with E-state index < -0.39 is 0 Å². The van der Waals surface area contributed by atoms with Crippen LogP contribution in [-0.4, -0.2) is 26.4 Å². The highest BCUT2D eigenvalue weighted by Gasteiger charge is 2.39. The van der Waals surface area contributed by atoms with E-state index in [-0.39, 0.29) is 17.5 Å². The predicted octanol–water partition coefficient (Wildman–Crippen LogP) is 3.77. The quantitative estimate of drug-likeness (QED) is 0.670. The number of aryl methyl sites for hydroxylation is 3. The average molecular weight is 387 g/mol. The molecule has 2 aliphatic carbocycles. The number of amides is 1. The molecule has 1 amide bonds. The van der Waals surface area contributed by atoms with Gasteiger partial charge in [0.25, 0.3) is 5.56 Å². The van der Waals surface area contributed by atoms with Crippen molar-refractivity contribution in [3.8, 4) is 0 Å². The maximum atomic E-state index is 13.2. The minimum absolute atomic E-state index is 0.0734. The van der Waals surface area contributed by atoms with E-state index in [9.17, 15) is 9.59 Å². The van der Waals surface area contributed by atoms with Crippen LogP contribution >= 0.6 is 0 Å². The first-order valence-electron chi connectivity index (χ1n) is 10.5. The number of hydrogen-bond acceptors (Lipinski definition) is 3. The normalized spacial score (nSPS) is 18.0. The Morgan fingerprint density at radius 1 is 1.14 bits per heavy atom. The fourth-order valence-electron chi connectivity index (χ4n) is 4.65. The first kappa shape index (κ1) is 18.1. The third-order valence-corrected chi connectivity index (χ3v) is 6.29. The molecule has 2 aliphatic rings. The van der Waals surface area contributed by atoms with E-state index in [0.717, 1.165) is 36.8 Å². The molecule has 0 bridgehead atoms. The lowest BCUT2D eigenvalue weighted by atomic mass is 10.1. The minimum Gasteiger partial charge on any atom is -0.333 e. The zero-order chi connectivity index (χ0) is 20.0. The smallest absolute Gasteiger partial charge is 0.261 e. The highest BCUT2D eigenvalue weighted by molar-refractivity contribution is 5.80. The van der Waals surface area contributed by atoms with Gasteiger partial charge in [0.2, 0.25) is 5.91 Å². The Bertz CT molecular complexity index is 1150. The van der Waals surface area contributed by atoms with Gasteiger partial charge in [0.05, 0.1) is 23.3 Å². The third kappa shape index (κ3) is 3.24. The zero-order valence-corrected chi connectivity index (χ0v) is 16.7. The summed E-state index contributed by atoms with van der Waals surface area (Å²) in [5, 5.41) is 0.615. The average Bonchev–Trinajstić information content (AvgIpc) is 3.48. The molecular formula is C24H25N3O2. The summed E-state index contributed by atoms with van der Waals surface area (Å²) in [6.07, 6.45) is 6.11. The lowest BCUT2D eigenvalue weighted by molar-refractivity contribution is -0.134. The van der Waals surface area contributed by atoms with Crippen LogP contribution in [0.15, 0.2) is 53.6 Å². The molecule has 0 aliphatic heterocycles. The molecule has 1 unspecified atom stereocenters. The molecule has 0 radical (unpaired) electrons. The van der Waals surface area contributed by atoms with Crippen LogP contribution in [-0.2, 0) is 17.8 Å². The molecular weight excluding hydrogens is 362 g/mol. The van der Waals surface area contributed by atoms with E-state index in [4.69, 9.17) is 0 Å². The van der Waals surface area contributed by atoms with Crippen LogP contribution in [0.5, 0.6) is 0 Å². The Morgan fingerprint density at radius 2 is 1.97 bits per heavy atom. The summed E-state index contributed by atoms with van der Waals surface area (Å²) < 4.78 is 1.58. The second-order valence-electron chi connectivity index (χ2n) is 8.25. The summed E-state index contributed by atoms with van der Waals surface area (Å²) in [5.41, 5.74) is 4.31. The Labute approximate surface area is 170 Å². The first-order valence-corrected chi connectivity index (χ1v) is 10.5. The maximum Gasteiger partial charge on any atom is 0.261 e. The molecule has 1 heterocycles. The van der Waals surface area contributed by atoms with Gasteiger partial charge < -0.3 is 4.90 Å². The molecule has 1 fully saturated rings. The van der Waals surface area contributed by atoms with Crippen molar-refractivity contribution in [1.29, 1.82) is 0 Å². The topological polar surface area (TPSA) is 55.2 Å². The number of benzene rings is 2. The van der Waals surface area contributed by atoms with Gasteiger partial charge in [0, 0.05) is 19.0 Å². The number of para-hydroxylation sites is 1. The van der Waals surface area contributed by atoms with Crippen molar-refractivity contribution in [3.05, 3.63) is 75.8 Å². The predicted molar refractivity (Wildman–Crippen MR) is 113 cm³/mol. The molecule has 3 aromatic rings. The van der Waals surface area contributed by atoms with Gasteiger partial charge in [0.15, 0.2) is 0 Å². The molecule has 1 saturated carbocycles. The molecule has 5 heteroatoms. The van der Waals surface area contributed by atoms with Gasteiger partial charge in [-0.05, 0) is 55.4 Å². The van der Waals surface area contributed by atoms with Gasteiger partial charge in [-0.15, -0.1) is 0 Å². The van der Waals surface area contributed by atoms with Gasteiger partial charge >= 0.3 is 0 Å². The molecule has 0 saturated heterocycles. The number of nitrogens with zero attached hydrogens (tertiary/aromatic N) is 3. The Hall–Kier alpha value is -2.95. The Kier molecular flexibility index (Phi) is 4.46. The lowest BCUT2D eigenvalue weighted by Crippen LogP contribution is -2.37. The largest absolute Gasteiger partial charge is 0.333 e. The maximum absolute atomic E-state index is 13.2. The summed E-state index contributed by atoms with van der Waals surface area (Å²) in [7, 11) is 0. The van der Waals surface area contributed by atoms with Gasteiger partial charge in [-0.1, -0.05) is 36.4 Å². The van der Waals surface area contributed by atoms with Crippen molar-refractivity contribution in [2.45, 2.75) is 57.7 Å². The molecule has 0 N–H and O–H groups in total. The molecule has 5 nitrogen and oxygen atoms in total. The van der Waals surface area contributed by atoms with E-state index in [0.29, 0.717) is 24.4 Å². The van der Waals surface area contributed by atoms with Crippen LogP contribution in [0, 0.1) is 6.92 Å². The number of hydrogen-bond donors (Lipinski definition) is 0. The molecule has 1 aromatic heterocycles. The van der Waals surface area contributed by atoms with Gasteiger partial charge in [-0.3, -0.25) is 14.2 Å². The molecule has 1 atom stereocenters. The monoisotopic (exact) mass is 387 g/mol. The molecule has 0 spiro atoms. The summed E-state index contributed by atoms with van der Waals surface area (Å²) in [6, 6.07) is 14.6. The number of carbonyl (C=O) groups is 1. The summed E-state index contributed by atoms with van der Waals surface area (Å²) in [4.78, 5) is 32.6. The fourth-order valence-corrected chi connectivity index (χ4v) is 4.65. The number of carbonyl (C=O) groups excluding carboxylic acids is 1. The van der Waals surface area contributed by atoms with Gasteiger partial charge in [-0.2, -0.15) is 0 Å². The van der Waals surface area contributed by atoms with E-state index in [1.807, 2.05) is 25.1 Å². The highest BCUT2D eigenvalue weighted by Crippen LogP contribution is 2.42. The van der Waals surface area contributed by atoms with E-state index >= 15 is 0 Å². The van der Waals surface area contributed by atoms with E-state index in [2.05, 4.69) is 34.1 Å². The second-order valence-corrected chi connectivity index (χ2v) is 8.25. The fraction of sp³-hybridized carbons (Fsp3) is 0.375. The Balaban J connectivity index is 1.37. The number of aromatic nitrogens is 2. The molecule has 29 heavy (non-hydrogen) atoms. The third-order valence-electron chi connectivity index (χ3n) is 6.29. The summed E-state index contributed by atoms with van der Waals surface area (Å²) in [6.45, 7) is 2.32. The second kappa shape index (κ2) is 7.14. The number of rotatable bonds is 5. The molecule has 5 rings (SSSR count). The lowest BCUT2D eigenvalue weighted by Gasteiger charge is -2.30. The van der Waals surface area contributed by atoms with Crippen LogP contribution in [0.25, 0.3) is 10.9 Å². The van der Waals surface area contributed by atoms with Crippen LogP contribution in [0.4, 0.5) is 0 Å². The van der Waals surface area contributed by atoms with Crippen LogP contribution in [0.1, 0.15) is 48.4 Å². The van der Waals surface area contributed by atoms with Crippen LogP contribution in [0.2, 0.25) is 0 Å². The number of fused-ring (bicyclic) bond motifs is 2. The Morgan fingerprint density at radius 3 is 2.79 bits per heavy atom. The van der Waals surface area contributed by atoms with Crippen molar-refractivity contribution >= 4 is 16.8 Å². The summed E-state index contributed by atoms with van der Waals surface area (Å²) in [5.74, 6) is 0.144. The first-order chi connectivity index (χ1) is 14.1. The van der Waals surface area contributed by atoms with Crippen molar-refractivity contribution < 1.29 is 4.79 Å². The van der Waals surface area contributed by atoms with Crippen molar-refractivity contribution in [1.82, 2.24) is 14.5 Å². The van der Waals surface area contributed by atoms with Crippen molar-refractivity contribution in [3.63, 3.8) is 0 Å². The summed E-state index contributed by atoms with van der Waals surface area (Å²) >= 11 is 0. The van der Waals surface area contributed by atoms with E-state index in [1.165, 1.54) is 11.1 Å². The zero-order valence-electron chi connectivity index (χ0n) is 16.7. The highest BCUT2D eigenvalue weighted by atomic mass is 16.2. The van der Waals surface area contributed by atoms with Crippen LogP contribution in [0.3, 0.4) is 0 Å². The standard InChI is InChI=1S/C24H25N3O2/c1-16-5-4-8-20-23(16)25-15-26(24(20)29)14-13-22(28)27(18-10-11-18)21-12-9-17-6-2-3-7-19(17)21/h2-8,15,18,21H,9-14H2,1H3.